The summed E-state index contributed by atoms with van der Waals surface area (Å²) in [7, 11) is 0. The molecule has 0 bridgehead atoms. The molecular formula is C17H17NO4. The van der Waals surface area contributed by atoms with Crippen LogP contribution in [0.15, 0.2) is 42.0 Å². The summed E-state index contributed by atoms with van der Waals surface area (Å²) < 4.78 is 4.92. The molecule has 1 aromatic rings. The second-order valence-electron chi connectivity index (χ2n) is 4.73. The SMILES string of the molecule is C=C(C)C(=O)OCCCC(=Cc1cccc(C#N)c1)C(=O)O. The number of esters is 1. The molecule has 0 radical (unpaired) electrons. The number of nitriles is 1. The zero-order valence-electron chi connectivity index (χ0n) is 12.3. The highest BCUT2D eigenvalue weighted by Crippen LogP contribution is 2.14. The predicted molar refractivity (Wildman–Crippen MR) is 81.8 cm³/mol. The number of carbonyl (C=O) groups excluding carboxylic acids is 1. The summed E-state index contributed by atoms with van der Waals surface area (Å²) in [4.78, 5) is 22.4. The first-order valence-corrected chi connectivity index (χ1v) is 6.70. The lowest BCUT2D eigenvalue weighted by molar-refractivity contribution is -0.139. The molecule has 0 aliphatic carbocycles. The van der Waals surface area contributed by atoms with Crippen LogP contribution in [0.2, 0.25) is 0 Å². The van der Waals surface area contributed by atoms with Crippen LogP contribution in [0, 0.1) is 11.3 Å². The van der Waals surface area contributed by atoms with Crippen molar-refractivity contribution < 1.29 is 19.4 Å². The molecule has 5 heteroatoms. The van der Waals surface area contributed by atoms with Gasteiger partial charge < -0.3 is 9.84 Å². The van der Waals surface area contributed by atoms with Crippen LogP contribution in [-0.4, -0.2) is 23.7 Å². The maximum atomic E-state index is 11.2. The summed E-state index contributed by atoms with van der Waals surface area (Å²) in [6, 6.07) is 8.69. The predicted octanol–water partition coefficient (Wildman–Crippen LogP) is 2.93. The van der Waals surface area contributed by atoms with Gasteiger partial charge in [0.05, 0.1) is 18.2 Å². The normalized spacial score (nSPS) is 10.6. The largest absolute Gasteiger partial charge is 0.478 e. The first-order valence-electron chi connectivity index (χ1n) is 6.70. The Balaban J connectivity index is 2.68. The second kappa shape index (κ2) is 8.42. The Bertz CT molecular complexity index is 653. The maximum Gasteiger partial charge on any atom is 0.333 e. The highest BCUT2D eigenvalue weighted by Gasteiger charge is 2.09. The minimum absolute atomic E-state index is 0.133. The third-order valence-electron chi connectivity index (χ3n) is 2.80. The van der Waals surface area contributed by atoms with E-state index in [1.165, 1.54) is 6.08 Å². The molecule has 0 aromatic heterocycles. The van der Waals surface area contributed by atoms with Gasteiger partial charge in [-0.1, -0.05) is 18.7 Å². The molecule has 0 saturated heterocycles. The highest BCUT2D eigenvalue weighted by atomic mass is 16.5. The monoisotopic (exact) mass is 299 g/mol. The maximum absolute atomic E-state index is 11.2. The van der Waals surface area contributed by atoms with Crippen LogP contribution in [0.3, 0.4) is 0 Å². The summed E-state index contributed by atoms with van der Waals surface area (Å²) >= 11 is 0. The number of carbonyl (C=O) groups is 2. The molecule has 0 fully saturated rings. The Hall–Kier alpha value is -2.87. The van der Waals surface area contributed by atoms with E-state index in [2.05, 4.69) is 6.58 Å². The van der Waals surface area contributed by atoms with Gasteiger partial charge in [-0.05, 0) is 43.5 Å². The minimum atomic E-state index is -1.03. The Morgan fingerprint density at radius 2 is 2.18 bits per heavy atom. The fraction of sp³-hybridized carbons (Fsp3) is 0.235. The molecule has 0 aliphatic heterocycles. The number of ether oxygens (including phenoxy) is 1. The molecule has 0 heterocycles. The highest BCUT2D eigenvalue weighted by molar-refractivity contribution is 5.92. The number of hydrogen-bond donors (Lipinski definition) is 1. The average molecular weight is 299 g/mol. The zero-order chi connectivity index (χ0) is 16.5. The molecule has 1 N–H and O–H groups in total. The molecule has 0 saturated carbocycles. The van der Waals surface area contributed by atoms with Crippen LogP contribution in [-0.2, 0) is 14.3 Å². The van der Waals surface area contributed by atoms with E-state index >= 15 is 0 Å². The second-order valence-corrected chi connectivity index (χ2v) is 4.73. The van der Waals surface area contributed by atoms with Gasteiger partial charge in [0.15, 0.2) is 0 Å². The van der Waals surface area contributed by atoms with Crippen molar-refractivity contribution in [1.82, 2.24) is 0 Å². The fourth-order valence-electron chi connectivity index (χ4n) is 1.69. The summed E-state index contributed by atoms with van der Waals surface area (Å²) in [6.45, 7) is 5.15. The van der Waals surface area contributed by atoms with Gasteiger partial charge in [-0.3, -0.25) is 0 Å². The first-order chi connectivity index (χ1) is 10.4. The van der Waals surface area contributed by atoms with Crippen LogP contribution >= 0.6 is 0 Å². The summed E-state index contributed by atoms with van der Waals surface area (Å²) in [6.07, 6.45) is 2.18. The van der Waals surface area contributed by atoms with Crippen LogP contribution < -0.4 is 0 Å². The molecule has 0 spiro atoms. The van der Waals surface area contributed by atoms with E-state index in [0.717, 1.165) is 0 Å². The number of aliphatic carboxylic acids is 1. The van der Waals surface area contributed by atoms with Crippen LogP contribution in [0.1, 0.15) is 30.9 Å². The van der Waals surface area contributed by atoms with Crippen molar-refractivity contribution in [3.05, 3.63) is 53.1 Å². The Morgan fingerprint density at radius 1 is 1.45 bits per heavy atom. The van der Waals surface area contributed by atoms with Crippen molar-refractivity contribution in [1.29, 1.82) is 5.26 Å². The summed E-state index contributed by atoms with van der Waals surface area (Å²) in [5.74, 6) is -1.52. The number of hydrogen-bond acceptors (Lipinski definition) is 4. The molecule has 0 aliphatic rings. The number of benzene rings is 1. The van der Waals surface area contributed by atoms with Gasteiger partial charge in [-0.15, -0.1) is 0 Å². The van der Waals surface area contributed by atoms with Crippen molar-refractivity contribution in [2.75, 3.05) is 6.61 Å². The van der Waals surface area contributed by atoms with Crippen molar-refractivity contribution in [3.63, 3.8) is 0 Å². The molecule has 1 aromatic carbocycles. The van der Waals surface area contributed by atoms with Crippen molar-refractivity contribution in [2.24, 2.45) is 0 Å². The van der Waals surface area contributed by atoms with Gasteiger partial charge in [0.1, 0.15) is 0 Å². The lowest BCUT2D eigenvalue weighted by Crippen LogP contribution is -2.08. The molecule has 5 nitrogen and oxygen atoms in total. The van der Waals surface area contributed by atoms with Gasteiger partial charge >= 0.3 is 11.9 Å². The average Bonchev–Trinajstić information content (AvgIpc) is 2.49. The molecule has 114 valence electrons. The van der Waals surface area contributed by atoms with Crippen LogP contribution in [0.25, 0.3) is 6.08 Å². The number of rotatable bonds is 7. The molecule has 22 heavy (non-hydrogen) atoms. The van der Waals surface area contributed by atoms with E-state index in [0.29, 0.717) is 23.1 Å². The fourth-order valence-corrected chi connectivity index (χ4v) is 1.69. The van der Waals surface area contributed by atoms with E-state index in [-0.39, 0.29) is 18.6 Å². The minimum Gasteiger partial charge on any atom is -0.478 e. The quantitative estimate of drug-likeness (QED) is 0.475. The molecule has 0 amide bonds. The third kappa shape index (κ3) is 5.63. The molecule has 0 atom stereocenters. The van der Waals surface area contributed by atoms with Crippen LogP contribution in [0.5, 0.6) is 0 Å². The van der Waals surface area contributed by atoms with E-state index in [9.17, 15) is 14.7 Å². The van der Waals surface area contributed by atoms with Crippen LogP contribution in [0.4, 0.5) is 0 Å². The first kappa shape index (κ1) is 17.2. The van der Waals surface area contributed by atoms with E-state index < -0.39 is 11.9 Å². The number of carboxylic acid groups (broad SMARTS) is 1. The lowest BCUT2D eigenvalue weighted by atomic mass is 10.0. The third-order valence-corrected chi connectivity index (χ3v) is 2.80. The smallest absolute Gasteiger partial charge is 0.333 e. The van der Waals surface area contributed by atoms with E-state index in [1.54, 1.807) is 31.2 Å². The van der Waals surface area contributed by atoms with Gasteiger partial charge in [0.25, 0.3) is 0 Å². The Morgan fingerprint density at radius 3 is 2.77 bits per heavy atom. The van der Waals surface area contributed by atoms with Gasteiger partial charge in [-0.25, -0.2) is 9.59 Å². The number of carboxylic acids is 1. The summed E-state index contributed by atoms with van der Waals surface area (Å²) in [5, 5.41) is 18.0. The number of nitrogens with zero attached hydrogens (tertiary/aromatic N) is 1. The zero-order valence-corrected chi connectivity index (χ0v) is 12.3. The van der Waals surface area contributed by atoms with Crippen molar-refractivity contribution in [2.45, 2.75) is 19.8 Å². The van der Waals surface area contributed by atoms with Crippen molar-refractivity contribution >= 4 is 18.0 Å². The molecule has 1 rings (SSSR count). The van der Waals surface area contributed by atoms with E-state index in [1.807, 2.05) is 6.07 Å². The topological polar surface area (TPSA) is 87.4 Å². The Kier molecular flexibility index (Phi) is 6.58. The lowest BCUT2D eigenvalue weighted by Gasteiger charge is -2.05. The van der Waals surface area contributed by atoms with E-state index in [4.69, 9.17) is 10.00 Å². The molecule has 0 unspecified atom stereocenters. The van der Waals surface area contributed by atoms with Gasteiger partial charge in [0.2, 0.25) is 0 Å². The standard InChI is InChI=1S/C17H17NO4/c1-12(2)17(21)22-8-4-7-15(16(19)20)10-13-5-3-6-14(9-13)11-18/h3,5-6,9-10H,1,4,7-8H2,2H3,(H,19,20). The van der Waals surface area contributed by atoms with Crippen molar-refractivity contribution in [3.8, 4) is 6.07 Å². The van der Waals surface area contributed by atoms with Gasteiger partial charge in [-0.2, -0.15) is 5.26 Å². The molecular weight excluding hydrogens is 282 g/mol. The van der Waals surface area contributed by atoms with Gasteiger partial charge in [0, 0.05) is 11.1 Å². The Labute approximate surface area is 129 Å². The summed E-state index contributed by atoms with van der Waals surface area (Å²) in [5.41, 5.74) is 1.62.